The molecule has 0 aromatic heterocycles. The Morgan fingerprint density at radius 2 is 2.33 bits per heavy atom. The molecule has 0 saturated heterocycles. The van der Waals surface area contributed by atoms with Crippen LogP contribution in [-0.2, 0) is 4.79 Å². The summed E-state index contributed by atoms with van der Waals surface area (Å²) in [7, 11) is 0. The normalized spacial score (nSPS) is 14.5. The fourth-order valence-corrected chi connectivity index (χ4v) is 1.06. The molecule has 0 aromatic carbocycles. The third-order valence-corrected chi connectivity index (χ3v) is 1.88. The minimum Gasteiger partial charge on any atom is -0.481 e. The Kier molecular flexibility index (Phi) is 4.88. The van der Waals surface area contributed by atoms with Gasteiger partial charge in [0.1, 0.15) is 0 Å². The molecular weight excluding hydrogens is 158 g/mol. The molecule has 0 saturated carbocycles. The van der Waals surface area contributed by atoms with Crippen molar-refractivity contribution in [3.05, 3.63) is 10.4 Å². The van der Waals surface area contributed by atoms with Gasteiger partial charge in [0.15, 0.2) is 0 Å². The summed E-state index contributed by atoms with van der Waals surface area (Å²) in [6, 6.07) is -0.240. The van der Waals surface area contributed by atoms with Gasteiger partial charge in [0.05, 0.1) is 0 Å². The van der Waals surface area contributed by atoms with Crippen molar-refractivity contribution in [2.75, 3.05) is 0 Å². The van der Waals surface area contributed by atoms with Gasteiger partial charge in [-0.2, -0.15) is 0 Å². The lowest BCUT2D eigenvalue weighted by molar-refractivity contribution is -0.138. The van der Waals surface area contributed by atoms with Crippen molar-refractivity contribution >= 4 is 5.97 Å². The highest BCUT2D eigenvalue weighted by atomic mass is 16.4. The molecule has 0 heterocycles. The number of hydrogen-bond acceptors (Lipinski definition) is 2. The van der Waals surface area contributed by atoms with E-state index >= 15 is 0 Å². The molecule has 0 aliphatic rings. The Morgan fingerprint density at radius 3 is 2.67 bits per heavy atom. The predicted octanol–water partition coefficient (Wildman–Crippen LogP) is 2.19. The van der Waals surface area contributed by atoms with E-state index in [-0.39, 0.29) is 18.4 Å². The molecule has 68 valence electrons. The lowest BCUT2D eigenvalue weighted by Crippen LogP contribution is -2.17. The van der Waals surface area contributed by atoms with E-state index in [1.165, 1.54) is 0 Å². The second-order valence-electron chi connectivity index (χ2n) is 2.71. The highest BCUT2D eigenvalue weighted by molar-refractivity contribution is 5.67. The van der Waals surface area contributed by atoms with E-state index in [1.54, 1.807) is 6.92 Å². The van der Waals surface area contributed by atoms with Crippen LogP contribution in [0.3, 0.4) is 0 Å². The first kappa shape index (κ1) is 10.8. The van der Waals surface area contributed by atoms with Crippen molar-refractivity contribution in [3.63, 3.8) is 0 Å². The molecule has 0 aliphatic heterocycles. The van der Waals surface area contributed by atoms with E-state index in [0.29, 0.717) is 6.42 Å². The number of azide groups is 1. The van der Waals surface area contributed by atoms with Gasteiger partial charge < -0.3 is 5.11 Å². The van der Waals surface area contributed by atoms with Crippen molar-refractivity contribution in [1.29, 1.82) is 0 Å². The molecule has 0 spiro atoms. The van der Waals surface area contributed by atoms with E-state index in [9.17, 15) is 4.79 Å². The fourth-order valence-electron chi connectivity index (χ4n) is 1.06. The first-order valence-electron chi connectivity index (χ1n) is 3.87. The number of rotatable bonds is 5. The zero-order valence-electron chi connectivity index (χ0n) is 7.27. The molecule has 5 heteroatoms. The summed E-state index contributed by atoms with van der Waals surface area (Å²) in [5.74, 6) is -0.903. The van der Waals surface area contributed by atoms with Gasteiger partial charge in [0.25, 0.3) is 0 Å². The Balaban J connectivity index is 4.13. The zero-order chi connectivity index (χ0) is 9.56. The number of nitrogens with zero attached hydrogens (tertiary/aromatic N) is 3. The molecule has 0 amide bonds. The highest BCUT2D eigenvalue weighted by Gasteiger charge is 2.16. The lowest BCUT2D eigenvalue weighted by Gasteiger charge is -2.15. The van der Waals surface area contributed by atoms with E-state index in [2.05, 4.69) is 10.0 Å². The van der Waals surface area contributed by atoms with Gasteiger partial charge >= 0.3 is 5.97 Å². The van der Waals surface area contributed by atoms with Gasteiger partial charge in [-0.05, 0) is 11.4 Å². The van der Waals surface area contributed by atoms with Crippen LogP contribution in [0.5, 0.6) is 0 Å². The Bertz CT molecular complexity index is 199. The van der Waals surface area contributed by atoms with Gasteiger partial charge in [-0.15, -0.1) is 0 Å². The van der Waals surface area contributed by atoms with Gasteiger partial charge in [-0.3, -0.25) is 4.79 Å². The second-order valence-corrected chi connectivity index (χ2v) is 2.71. The summed E-state index contributed by atoms with van der Waals surface area (Å²) in [4.78, 5) is 13.0. The van der Waals surface area contributed by atoms with Crippen LogP contribution in [0.15, 0.2) is 5.11 Å². The number of aliphatic carboxylic acids is 1. The summed E-state index contributed by atoms with van der Waals surface area (Å²) < 4.78 is 0. The number of carboxylic acid groups (broad SMARTS) is 1. The first-order chi connectivity index (χ1) is 5.61. The molecule has 0 rings (SSSR count). The van der Waals surface area contributed by atoms with Crippen LogP contribution in [0.1, 0.15) is 26.7 Å². The van der Waals surface area contributed by atoms with Crippen molar-refractivity contribution < 1.29 is 9.90 Å². The molecule has 5 nitrogen and oxygen atoms in total. The monoisotopic (exact) mass is 171 g/mol. The van der Waals surface area contributed by atoms with Gasteiger partial charge in [0.2, 0.25) is 0 Å². The van der Waals surface area contributed by atoms with Crippen LogP contribution in [0.4, 0.5) is 0 Å². The molecule has 1 N–H and O–H groups in total. The average molecular weight is 171 g/mol. The van der Waals surface area contributed by atoms with E-state index in [4.69, 9.17) is 10.6 Å². The summed E-state index contributed by atoms with van der Waals surface area (Å²) in [6.45, 7) is 3.62. The van der Waals surface area contributed by atoms with Crippen LogP contribution in [0.2, 0.25) is 0 Å². The molecule has 2 unspecified atom stereocenters. The van der Waals surface area contributed by atoms with Crippen molar-refractivity contribution in [2.24, 2.45) is 11.0 Å². The highest BCUT2D eigenvalue weighted by Crippen LogP contribution is 2.16. The van der Waals surface area contributed by atoms with Gasteiger partial charge in [-0.25, -0.2) is 0 Å². The molecule has 0 radical (unpaired) electrons. The summed E-state index contributed by atoms with van der Waals surface area (Å²) >= 11 is 0. The Morgan fingerprint density at radius 1 is 1.75 bits per heavy atom. The summed E-state index contributed by atoms with van der Waals surface area (Å²) in [6.07, 6.45) is 0.781. The number of carbonyl (C=O) groups is 1. The third kappa shape index (κ3) is 3.83. The maximum Gasteiger partial charge on any atom is 0.303 e. The van der Waals surface area contributed by atoms with Crippen molar-refractivity contribution in [2.45, 2.75) is 32.7 Å². The molecule has 0 bridgehead atoms. The third-order valence-electron chi connectivity index (χ3n) is 1.88. The topological polar surface area (TPSA) is 86.1 Å². The predicted molar refractivity (Wildman–Crippen MR) is 44.6 cm³/mol. The Hall–Kier alpha value is -1.22. The summed E-state index contributed by atoms with van der Waals surface area (Å²) in [5.41, 5.74) is 8.13. The van der Waals surface area contributed by atoms with E-state index in [1.807, 2.05) is 6.92 Å². The minimum absolute atomic E-state index is 0.0570. The maximum atomic E-state index is 10.3. The lowest BCUT2D eigenvalue weighted by atomic mass is 9.95. The van der Waals surface area contributed by atoms with Gasteiger partial charge in [0, 0.05) is 17.4 Å². The first-order valence-corrected chi connectivity index (χ1v) is 3.87. The molecule has 12 heavy (non-hydrogen) atoms. The number of carboxylic acids is 1. The van der Waals surface area contributed by atoms with E-state index < -0.39 is 5.97 Å². The Labute approximate surface area is 71.0 Å². The van der Waals surface area contributed by atoms with Crippen LogP contribution < -0.4 is 0 Å². The smallest absolute Gasteiger partial charge is 0.303 e. The van der Waals surface area contributed by atoms with Gasteiger partial charge in [-0.1, -0.05) is 25.4 Å². The molecule has 2 atom stereocenters. The quantitative estimate of drug-likeness (QED) is 0.390. The van der Waals surface area contributed by atoms with Crippen molar-refractivity contribution in [1.82, 2.24) is 0 Å². The molecule has 0 fully saturated rings. The maximum absolute atomic E-state index is 10.3. The standard InChI is InChI=1S/C7H13N3O2/c1-3-6(4-7(11)12)5(2)9-10-8/h5-6H,3-4H2,1-2H3,(H,11,12). The van der Waals surface area contributed by atoms with Crippen LogP contribution in [0.25, 0.3) is 10.4 Å². The van der Waals surface area contributed by atoms with Crippen molar-refractivity contribution in [3.8, 4) is 0 Å². The SMILES string of the molecule is CCC(CC(=O)O)C(C)N=[N+]=[N-]. The average Bonchev–Trinajstić information content (AvgIpc) is 2.00. The fraction of sp³-hybridized carbons (Fsp3) is 0.857. The number of hydrogen-bond donors (Lipinski definition) is 1. The molecule has 0 aromatic rings. The minimum atomic E-state index is -0.846. The van der Waals surface area contributed by atoms with E-state index in [0.717, 1.165) is 0 Å². The van der Waals surface area contributed by atoms with Crippen LogP contribution >= 0.6 is 0 Å². The zero-order valence-corrected chi connectivity index (χ0v) is 7.27. The van der Waals surface area contributed by atoms with Crippen LogP contribution in [0, 0.1) is 5.92 Å². The second kappa shape index (κ2) is 5.43. The largest absolute Gasteiger partial charge is 0.481 e. The molecule has 0 aliphatic carbocycles. The van der Waals surface area contributed by atoms with Crippen LogP contribution in [-0.4, -0.2) is 17.1 Å². The molecular formula is C7H13N3O2. The summed E-state index contributed by atoms with van der Waals surface area (Å²) in [5, 5.41) is 12.0.